The average Bonchev–Trinajstić information content (AvgIpc) is 2.37. The van der Waals surface area contributed by atoms with Gasteiger partial charge in [-0.1, -0.05) is 18.2 Å². The summed E-state index contributed by atoms with van der Waals surface area (Å²) in [5, 5.41) is 3.23. The highest BCUT2D eigenvalue weighted by molar-refractivity contribution is 5.79. The fourth-order valence-electron chi connectivity index (χ4n) is 2.58. The van der Waals surface area contributed by atoms with Gasteiger partial charge in [-0.05, 0) is 56.2 Å². The third kappa shape index (κ3) is 2.91. The second kappa shape index (κ2) is 5.53. The first-order valence-corrected chi connectivity index (χ1v) is 6.75. The highest BCUT2D eigenvalue weighted by atomic mass is 16.1. The Morgan fingerprint density at radius 1 is 1.22 bits per heavy atom. The third-order valence-electron chi connectivity index (χ3n) is 3.80. The minimum atomic E-state index is -0.306. The van der Waals surface area contributed by atoms with Crippen molar-refractivity contribution in [3.8, 4) is 0 Å². The summed E-state index contributed by atoms with van der Waals surface area (Å²) in [4.78, 5) is 11.1. The van der Waals surface area contributed by atoms with Crippen LogP contribution in [0.2, 0.25) is 0 Å². The molecule has 0 bridgehead atoms. The van der Waals surface area contributed by atoms with Gasteiger partial charge in [0.25, 0.3) is 0 Å². The van der Waals surface area contributed by atoms with Crippen molar-refractivity contribution in [2.75, 3.05) is 0 Å². The van der Waals surface area contributed by atoms with E-state index >= 15 is 0 Å². The molecule has 1 aromatic carbocycles. The molecule has 0 saturated heterocycles. The second-order valence-corrected chi connectivity index (χ2v) is 5.25. The van der Waals surface area contributed by atoms with Gasteiger partial charge < -0.3 is 5.73 Å². The maximum Gasteiger partial charge on any atom is 0.234 e. The summed E-state index contributed by atoms with van der Waals surface area (Å²) >= 11 is 0. The van der Waals surface area contributed by atoms with Crippen LogP contribution in [0.3, 0.4) is 0 Å². The molecule has 0 aromatic heterocycles. The van der Waals surface area contributed by atoms with Crippen molar-refractivity contribution in [3.05, 3.63) is 34.9 Å². The topological polar surface area (TPSA) is 55.1 Å². The van der Waals surface area contributed by atoms with Gasteiger partial charge in [0.2, 0.25) is 5.91 Å². The first-order chi connectivity index (χ1) is 8.58. The lowest BCUT2D eigenvalue weighted by molar-refractivity contribution is -0.119. The maximum atomic E-state index is 11.1. The smallest absolute Gasteiger partial charge is 0.234 e. The van der Waals surface area contributed by atoms with Crippen LogP contribution in [0.15, 0.2) is 18.2 Å². The molecule has 3 N–H and O–H groups in total. The van der Waals surface area contributed by atoms with E-state index in [9.17, 15) is 4.79 Å². The van der Waals surface area contributed by atoms with Crippen molar-refractivity contribution < 1.29 is 4.79 Å². The van der Waals surface area contributed by atoms with Gasteiger partial charge in [0.05, 0.1) is 6.04 Å². The molecule has 0 fully saturated rings. The minimum absolute atomic E-state index is 0.153. The Hall–Kier alpha value is -1.35. The van der Waals surface area contributed by atoms with Gasteiger partial charge in [0.15, 0.2) is 0 Å². The number of amides is 1. The first-order valence-electron chi connectivity index (χ1n) is 6.75. The van der Waals surface area contributed by atoms with Crippen LogP contribution in [0.5, 0.6) is 0 Å². The second-order valence-electron chi connectivity index (χ2n) is 5.25. The normalized spacial score (nSPS) is 17.9. The lowest BCUT2D eigenvalue weighted by atomic mass is 9.89. The van der Waals surface area contributed by atoms with Gasteiger partial charge in [0, 0.05) is 6.04 Å². The van der Waals surface area contributed by atoms with E-state index in [1.54, 1.807) is 6.92 Å². The Labute approximate surface area is 109 Å². The molecule has 0 unspecified atom stereocenters. The summed E-state index contributed by atoms with van der Waals surface area (Å²) in [6.45, 7) is 3.88. The molecule has 98 valence electrons. The van der Waals surface area contributed by atoms with Crippen LogP contribution in [0, 0.1) is 0 Å². The molecule has 1 aliphatic carbocycles. The van der Waals surface area contributed by atoms with Gasteiger partial charge in [-0.3, -0.25) is 10.1 Å². The van der Waals surface area contributed by atoms with Gasteiger partial charge in [0.1, 0.15) is 0 Å². The van der Waals surface area contributed by atoms with E-state index in [2.05, 4.69) is 30.4 Å². The largest absolute Gasteiger partial charge is 0.368 e. The van der Waals surface area contributed by atoms with Gasteiger partial charge >= 0.3 is 0 Å². The zero-order valence-corrected chi connectivity index (χ0v) is 11.2. The van der Waals surface area contributed by atoms with Crippen molar-refractivity contribution in [1.29, 1.82) is 0 Å². The Balaban J connectivity index is 2.11. The maximum absolute atomic E-state index is 11.1. The fraction of sp³-hybridized carbons (Fsp3) is 0.533. The lowest BCUT2D eigenvalue weighted by Gasteiger charge is -2.21. The molecule has 0 saturated carbocycles. The van der Waals surface area contributed by atoms with E-state index in [0.717, 1.165) is 0 Å². The Morgan fingerprint density at radius 3 is 2.56 bits per heavy atom. The van der Waals surface area contributed by atoms with Crippen LogP contribution < -0.4 is 11.1 Å². The summed E-state index contributed by atoms with van der Waals surface area (Å²) in [7, 11) is 0. The highest BCUT2D eigenvalue weighted by Gasteiger charge is 2.15. The Morgan fingerprint density at radius 2 is 1.89 bits per heavy atom. The molecule has 3 nitrogen and oxygen atoms in total. The van der Waals surface area contributed by atoms with Crippen LogP contribution in [0.1, 0.15) is 49.4 Å². The quantitative estimate of drug-likeness (QED) is 0.854. The number of hydrogen-bond donors (Lipinski definition) is 2. The van der Waals surface area contributed by atoms with Crippen molar-refractivity contribution in [2.24, 2.45) is 5.73 Å². The van der Waals surface area contributed by atoms with Crippen LogP contribution in [0.4, 0.5) is 0 Å². The van der Waals surface area contributed by atoms with E-state index in [4.69, 9.17) is 5.73 Å². The summed E-state index contributed by atoms with van der Waals surface area (Å²) in [6.07, 6.45) is 4.98. The minimum Gasteiger partial charge on any atom is -0.368 e. The molecule has 1 amide bonds. The number of fused-ring (bicyclic) bond motifs is 1. The molecular weight excluding hydrogens is 224 g/mol. The van der Waals surface area contributed by atoms with E-state index in [-0.39, 0.29) is 18.0 Å². The van der Waals surface area contributed by atoms with E-state index in [1.807, 2.05) is 0 Å². The molecular formula is C15H22N2O. The summed E-state index contributed by atoms with van der Waals surface area (Å²) in [5.74, 6) is -0.306. The molecule has 0 spiro atoms. The van der Waals surface area contributed by atoms with E-state index in [1.165, 1.54) is 42.4 Å². The number of carbonyl (C=O) groups excluding carboxylic acids is 1. The van der Waals surface area contributed by atoms with Gasteiger partial charge in [-0.15, -0.1) is 0 Å². The number of hydrogen-bond acceptors (Lipinski definition) is 2. The molecule has 0 aliphatic heterocycles. The number of aryl methyl sites for hydroxylation is 2. The van der Waals surface area contributed by atoms with Crippen LogP contribution in [0.25, 0.3) is 0 Å². The van der Waals surface area contributed by atoms with E-state index < -0.39 is 0 Å². The average molecular weight is 246 g/mol. The first kappa shape index (κ1) is 13.1. The molecule has 3 heteroatoms. The van der Waals surface area contributed by atoms with Gasteiger partial charge in [-0.2, -0.15) is 0 Å². The fourth-order valence-corrected chi connectivity index (χ4v) is 2.58. The summed E-state index contributed by atoms with van der Waals surface area (Å²) in [5.41, 5.74) is 9.47. The zero-order chi connectivity index (χ0) is 13.1. The number of nitrogens with one attached hydrogen (secondary N) is 1. The molecule has 2 atom stereocenters. The monoisotopic (exact) mass is 246 g/mol. The van der Waals surface area contributed by atoms with Crippen molar-refractivity contribution >= 4 is 5.91 Å². The summed E-state index contributed by atoms with van der Waals surface area (Å²) < 4.78 is 0. The highest BCUT2D eigenvalue weighted by Crippen LogP contribution is 2.24. The Kier molecular flexibility index (Phi) is 4.02. The van der Waals surface area contributed by atoms with Crippen molar-refractivity contribution in [2.45, 2.75) is 51.6 Å². The van der Waals surface area contributed by atoms with E-state index in [0.29, 0.717) is 0 Å². The number of benzene rings is 1. The third-order valence-corrected chi connectivity index (χ3v) is 3.80. The number of nitrogens with two attached hydrogens (primary N) is 1. The number of carbonyl (C=O) groups is 1. The zero-order valence-electron chi connectivity index (χ0n) is 11.2. The van der Waals surface area contributed by atoms with Crippen LogP contribution in [-0.2, 0) is 17.6 Å². The molecule has 2 rings (SSSR count). The summed E-state index contributed by atoms with van der Waals surface area (Å²) in [6, 6.07) is 6.53. The number of rotatable bonds is 4. The Bertz CT molecular complexity index is 442. The van der Waals surface area contributed by atoms with Crippen LogP contribution in [-0.4, -0.2) is 11.9 Å². The molecule has 18 heavy (non-hydrogen) atoms. The number of primary amides is 1. The van der Waals surface area contributed by atoms with Crippen molar-refractivity contribution in [3.63, 3.8) is 0 Å². The molecule has 1 aromatic rings. The molecule has 0 radical (unpaired) electrons. The predicted molar refractivity (Wildman–Crippen MR) is 73.3 cm³/mol. The lowest BCUT2D eigenvalue weighted by Crippen LogP contribution is -2.40. The predicted octanol–water partition coefficient (Wildman–Crippen LogP) is 2.09. The SMILES string of the molecule is C[C@@H](N[C@H](C)c1ccc2c(c1)CCCC2)C(N)=O. The van der Waals surface area contributed by atoms with Crippen LogP contribution >= 0.6 is 0 Å². The van der Waals surface area contributed by atoms with Crippen molar-refractivity contribution in [1.82, 2.24) is 5.32 Å². The molecule has 1 aliphatic rings. The molecule has 0 heterocycles. The standard InChI is InChI=1S/C15H22N2O/c1-10(17-11(2)15(16)18)13-8-7-12-5-3-4-6-14(12)9-13/h7-11,17H,3-6H2,1-2H3,(H2,16,18)/t10-,11-/m1/s1. The van der Waals surface area contributed by atoms with Gasteiger partial charge in [-0.25, -0.2) is 0 Å².